The van der Waals surface area contributed by atoms with Crippen LogP contribution < -0.4 is 10.6 Å². The lowest BCUT2D eigenvalue weighted by Gasteiger charge is -2.35. The minimum Gasteiger partial charge on any atom is -0.460 e. The third kappa shape index (κ3) is 12.6. The predicted octanol–water partition coefficient (Wildman–Crippen LogP) is 2.73. The van der Waals surface area contributed by atoms with Gasteiger partial charge in [-0.3, -0.25) is 19.3 Å². The summed E-state index contributed by atoms with van der Waals surface area (Å²) in [5.74, 6) is -0.591. The highest BCUT2D eigenvalue weighted by molar-refractivity contribution is 5.97. The molecule has 2 saturated heterocycles. The molecule has 0 radical (unpaired) electrons. The molecule has 2 fully saturated rings. The van der Waals surface area contributed by atoms with Crippen LogP contribution in [0.5, 0.6) is 0 Å². The first-order valence-electron chi connectivity index (χ1n) is 16.9. The van der Waals surface area contributed by atoms with E-state index >= 15 is 0 Å². The molecule has 0 saturated carbocycles. The number of morpholine rings is 1. The number of hydrogen-bond donors (Lipinski definition) is 2. The number of nitrogens with one attached hydrogen (secondary N) is 2. The van der Waals surface area contributed by atoms with Crippen molar-refractivity contribution in [2.45, 2.75) is 58.6 Å². The lowest BCUT2D eigenvalue weighted by Crippen LogP contribution is -2.55. The molecule has 2 amide bonds. The van der Waals surface area contributed by atoms with Crippen LogP contribution in [-0.2, 0) is 28.6 Å². The van der Waals surface area contributed by atoms with Crippen molar-refractivity contribution < 1.29 is 38.2 Å². The molecule has 1 aromatic heterocycles. The Labute approximate surface area is 287 Å². The van der Waals surface area contributed by atoms with E-state index in [2.05, 4.69) is 25.5 Å². The summed E-state index contributed by atoms with van der Waals surface area (Å²) in [4.78, 5) is 70.3. The monoisotopic (exact) mass is 683 g/mol. The number of esters is 1. The summed E-state index contributed by atoms with van der Waals surface area (Å²) < 4.78 is 15.7. The van der Waals surface area contributed by atoms with Gasteiger partial charge in [-0.2, -0.15) is 0 Å². The van der Waals surface area contributed by atoms with Crippen LogP contribution in [0.3, 0.4) is 0 Å². The molecule has 2 aliphatic rings. The van der Waals surface area contributed by atoms with Gasteiger partial charge in [-0.1, -0.05) is 30.3 Å². The van der Waals surface area contributed by atoms with E-state index < -0.39 is 29.7 Å². The Morgan fingerprint density at radius 3 is 2.37 bits per heavy atom. The lowest BCUT2D eigenvalue weighted by molar-refractivity contribution is -0.158. The molecular weight excluding hydrogens is 634 g/mol. The Balaban J connectivity index is 1.48. The maximum Gasteiger partial charge on any atom is 0.527 e. The fourth-order valence-corrected chi connectivity index (χ4v) is 5.33. The summed E-state index contributed by atoms with van der Waals surface area (Å²) in [6, 6.07) is 9.85. The SMILES string of the molecule is CCOC(=O)ON1CCN(C(=O)[C@H](CCC(=O)OC(C)(C)C)NC(=O)c2cc(NCCCN3CCOCC3)nc(-c3ccccc3)n2)CC1. The Kier molecular flexibility index (Phi) is 14.1. The first kappa shape index (κ1) is 37.5. The molecule has 49 heavy (non-hydrogen) atoms. The zero-order valence-electron chi connectivity index (χ0n) is 28.9. The van der Waals surface area contributed by atoms with E-state index in [4.69, 9.17) is 19.0 Å². The van der Waals surface area contributed by atoms with Crippen molar-refractivity contribution in [1.82, 2.24) is 30.1 Å². The molecule has 1 aromatic carbocycles. The Morgan fingerprint density at radius 2 is 1.69 bits per heavy atom. The van der Waals surface area contributed by atoms with Crippen LogP contribution in [0.4, 0.5) is 10.6 Å². The average Bonchev–Trinajstić information content (AvgIpc) is 3.08. The largest absolute Gasteiger partial charge is 0.527 e. The molecule has 2 aliphatic heterocycles. The van der Waals surface area contributed by atoms with Gasteiger partial charge in [0.2, 0.25) is 5.91 Å². The second kappa shape index (κ2) is 18.4. The predicted molar refractivity (Wildman–Crippen MR) is 180 cm³/mol. The second-order valence-corrected chi connectivity index (χ2v) is 12.7. The number of anilines is 1. The summed E-state index contributed by atoms with van der Waals surface area (Å²) in [6.45, 7) is 13.0. The normalized spacial score (nSPS) is 16.4. The summed E-state index contributed by atoms with van der Waals surface area (Å²) in [6.07, 6.45) is -0.0154. The molecule has 15 heteroatoms. The first-order valence-corrected chi connectivity index (χ1v) is 16.9. The van der Waals surface area contributed by atoms with Crippen LogP contribution in [0.1, 0.15) is 57.4 Å². The number of benzene rings is 1. The summed E-state index contributed by atoms with van der Waals surface area (Å²) in [7, 11) is 0. The van der Waals surface area contributed by atoms with E-state index in [9.17, 15) is 19.2 Å². The van der Waals surface area contributed by atoms with Crippen molar-refractivity contribution in [1.29, 1.82) is 0 Å². The molecule has 0 unspecified atom stereocenters. The van der Waals surface area contributed by atoms with Crippen molar-refractivity contribution in [2.24, 2.45) is 0 Å². The van der Waals surface area contributed by atoms with Crippen LogP contribution in [-0.4, -0.2) is 133 Å². The van der Waals surface area contributed by atoms with E-state index in [1.165, 1.54) is 5.06 Å². The molecule has 3 heterocycles. The lowest BCUT2D eigenvalue weighted by atomic mass is 10.1. The third-order valence-corrected chi connectivity index (χ3v) is 7.73. The summed E-state index contributed by atoms with van der Waals surface area (Å²) in [5, 5.41) is 7.59. The van der Waals surface area contributed by atoms with E-state index in [1.54, 1.807) is 38.7 Å². The number of nitrogens with zero attached hydrogens (tertiary/aromatic N) is 5. The maximum atomic E-state index is 13.8. The van der Waals surface area contributed by atoms with Crippen LogP contribution in [0.25, 0.3) is 11.4 Å². The Bertz CT molecular complexity index is 1390. The number of carbonyl (C=O) groups excluding carboxylic acids is 4. The zero-order valence-corrected chi connectivity index (χ0v) is 28.9. The van der Waals surface area contributed by atoms with E-state index in [0.717, 1.165) is 44.8 Å². The minimum atomic E-state index is -1.04. The summed E-state index contributed by atoms with van der Waals surface area (Å²) in [5.41, 5.74) is 0.108. The minimum absolute atomic E-state index is 0.0162. The van der Waals surface area contributed by atoms with Crippen molar-refractivity contribution in [3.63, 3.8) is 0 Å². The van der Waals surface area contributed by atoms with Gasteiger partial charge < -0.3 is 34.6 Å². The van der Waals surface area contributed by atoms with Gasteiger partial charge in [-0.15, -0.1) is 5.06 Å². The molecule has 268 valence electrons. The number of amides is 2. The number of piperazine rings is 1. The van der Waals surface area contributed by atoms with Gasteiger partial charge >= 0.3 is 12.1 Å². The van der Waals surface area contributed by atoms with E-state index in [-0.39, 0.29) is 57.2 Å². The Hall–Kier alpha value is -4.34. The van der Waals surface area contributed by atoms with E-state index in [0.29, 0.717) is 18.2 Å². The molecule has 4 rings (SSSR count). The van der Waals surface area contributed by atoms with E-state index in [1.807, 2.05) is 30.3 Å². The van der Waals surface area contributed by atoms with Gasteiger partial charge in [0.25, 0.3) is 5.91 Å². The molecule has 1 atom stereocenters. The van der Waals surface area contributed by atoms with Crippen molar-refractivity contribution >= 4 is 29.8 Å². The smallest absolute Gasteiger partial charge is 0.460 e. The van der Waals surface area contributed by atoms with Crippen molar-refractivity contribution in [3.05, 3.63) is 42.1 Å². The van der Waals surface area contributed by atoms with Crippen molar-refractivity contribution in [3.8, 4) is 11.4 Å². The fourth-order valence-electron chi connectivity index (χ4n) is 5.33. The van der Waals surface area contributed by atoms with Crippen LogP contribution in [0.2, 0.25) is 0 Å². The summed E-state index contributed by atoms with van der Waals surface area (Å²) >= 11 is 0. The highest BCUT2D eigenvalue weighted by Crippen LogP contribution is 2.19. The number of carbonyl (C=O) groups is 4. The molecule has 0 bridgehead atoms. The first-order chi connectivity index (χ1) is 23.5. The van der Waals surface area contributed by atoms with Crippen LogP contribution >= 0.6 is 0 Å². The highest BCUT2D eigenvalue weighted by Gasteiger charge is 2.31. The highest BCUT2D eigenvalue weighted by atomic mass is 16.8. The fraction of sp³-hybridized carbons (Fsp3) is 0.588. The molecular formula is C34H49N7O8. The number of ether oxygens (including phenoxy) is 3. The molecule has 0 spiro atoms. The molecule has 15 nitrogen and oxygen atoms in total. The third-order valence-electron chi connectivity index (χ3n) is 7.73. The molecule has 2 aromatic rings. The Morgan fingerprint density at radius 1 is 0.980 bits per heavy atom. The quantitative estimate of drug-likeness (QED) is 0.221. The van der Waals surface area contributed by atoms with Crippen LogP contribution in [0, 0.1) is 0 Å². The van der Waals surface area contributed by atoms with Crippen molar-refractivity contribution in [2.75, 3.05) is 77.5 Å². The number of aromatic nitrogens is 2. The van der Waals surface area contributed by atoms with Gasteiger partial charge in [-0.25, -0.2) is 14.8 Å². The van der Waals surface area contributed by atoms with Gasteiger partial charge in [0.05, 0.1) is 32.9 Å². The second-order valence-electron chi connectivity index (χ2n) is 12.7. The van der Waals surface area contributed by atoms with Gasteiger partial charge in [-0.05, 0) is 47.1 Å². The number of hydroxylamine groups is 2. The van der Waals surface area contributed by atoms with Gasteiger partial charge in [0, 0.05) is 50.8 Å². The zero-order chi connectivity index (χ0) is 35.2. The average molecular weight is 684 g/mol. The standard InChI is InChI=1S/C34H49N7O8/c1-5-47-33(45)49-41-18-16-40(17-19-41)32(44)26(12-13-29(42)48-34(2,3)4)37-31(43)27-24-28(35-14-9-15-39-20-22-46-23-21-39)38-30(36-27)25-10-7-6-8-11-25/h6-8,10-11,24,26H,5,9,12-23H2,1-4H3,(H,37,43)(H,35,36,38)/t26-/m0/s1. The topological polar surface area (TPSA) is 165 Å². The molecule has 0 aliphatic carbocycles. The number of hydrogen-bond acceptors (Lipinski definition) is 13. The van der Waals surface area contributed by atoms with Gasteiger partial charge in [0.15, 0.2) is 5.82 Å². The number of rotatable bonds is 14. The maximum absolute atomic E-state index is 13.8. The van der Waals surface area contributed by atoms with Gasteiger partial charge in [0.1, 0.15) is 23.2 Å². The molecule has 2 N–H and O–H groups in total. The van der Waals surface area contributed by atoms with Crippen LogP contribution in [0.15, 0.2) is 36.4 Å².